The van der Waals surface area contributed by atoms with Crippen molar-refractivity contribution in [1.82, 2.24) is 15.0 Å². The predicted octanol–water partition coefficient (Wildman–Crippen LogP) is 1.37. The molecule has 2 atom stereocenters. The Morgan fingerprint density at radius 1 is 1.26 bits per heavy atom. The molecule has 0 radical (unpaired) electrons. The molecule has 0 spiro atoms. The minimum Gasteiger partial charge on any atom is -0.356 e. The normalized spacial score (nSPS) is 22.8. The zero-order valence-electron chi connectivity index (χ0n) is 12.6. The predicted molar refractivity (Wildman–Crippen MR) is 83.5 cm³/mol. The summed E-state index contributed by atoms with van der Waals surface area (Å²) in [5.41, 5.74) is 1.37. The number of piperazine rings is 1. The first kappa shape index (κ1) is 14.0. The first-order valence-electron chi connectivity index (χ1n) is 7.75. The maximum Gasteiger partial charge on any atom is 0.246 e. The molecule has 4 rings (SSSR count). The molecule has 2 unspecified atom stereocenters. The van der Waals surface area contributed by atoms with E-state index in [1.165, 1.54) is 6.08 Å². The molecule has 2 fully saturated rings. The molecule has 6 heteroatoms. The van der Waals surface area contributed by atoms with Gasteiger partial charge in [-0.2, -0.15) is 0 Å². The summed E-state index contributed by atoms with van der Waals surface area (Å²) in [5.74, 6) is -0.00523. The number of para-hydroxylation sites is 1. The third kappa shape index (κ3) is 2.30. The van der Waals surface area contributed by atoms with Crippen LogP contribution in [0.1, 0.15) is 12.1 Å². The maximum atomic E-state index is 12.6. The van der Waals surface area contributed by atoms with Crippen LogP contribution >= 0.6 is 0 Å². The molecule has 1 aromatic carbocycles. The summed E-state index contributed by atoms with van der Waals surface area (Å²) in [4.78, 5) is 28.1. The van der Waals surface area contributed by atoms with Crippen molar-refractivity contribution < 1.29 is 14.1 Å². The lowest BCUT2D eigenvalue weighted by Gasteiger charge is -2.33. The summed E-state index contributed by atoms with van der Waals surface area (Å²) in [7, 11) is 0. The highest BCUT2D eigenvalue weighted by Gasteiger charge is 2.51. The summed E-state index contributed by atoms with van der Waals surface area (Å²) < 4.78 is 5.25. The number of carbonyl (C=O) groups is 2. The van der Waals surface area contributed by atoms with E-state index >= 15 is 0 Å². The molecule has 1 saturated carbocycles. The molecular weight excluding hydrogens is 294 g/mol. The number of hydrogen-bond donors (Lipinski definition) is 0. The Hall–Kier alpha value is -2.63. The van der Waals surface area contributed by atoms with Crippen molar-refractivity contribution in [2.45, 2.75) is 24.9 Å². The van der Waals surface area contributed by atoms with E-state index < -0.39 is 0 Å². The molecule has 0 bridgehead atoms. The lowest BCUT2D eigenvalue weighted by Crippen LogP contribution is -2.50. The van der Waals surface area contributed by atoms with Crippen LogP contribution in [0.4, 0.5) is 0 Å². The molecule has 2 aromatic rings. The van der Waals surface area contributed by atoms with Gasteiger partial charge in [0.15, 0.2) is 5.58 Å². The van der Waals surface area contributed by atoms with Gasteiger partial charge in [0.2, 0.25) is 11.8 Å². The van der Waals surface area contributed by atoms with Crippen LogP contribution in [0.2, 0.25) is 0 Å². The van der Waals surface area contributed by atoms with E-state index in [1.54, 1.807) is 0 Å². The SMILES string of the molecule is C=CC(=O)N1CCN(C(=O)Cc2noc3ccccc23)C2CC21. The number of fused-ring (bicyclic) bond motifs is 2. The van der Waals surface area contributed by atoms with E-state index in [-0.39, 0.29) is 30.3 Å². The van der Waals surface area contributed by atoms with Gasteiger partial charge in [-0.05, 0) is 24.6 Å². The summed E-state index contributed by atoms with van der Waals surface area (Å²) in [6, 6.07) is 7.82. The van der Waals surface area contributed by atoms with Crippen LogP contribution in [0.5, 0.6) is 0 Å². The second-order valence-electron chi connectivity index (χ2n) is 6.00. The summed E-state index contributed by atoms with van der Waals surface area (Å²) >= 11 is 0. The van der Waals surface area contributed by atoms with Crippen LogP contribution in [0.25, 0.3) is 11.0 Å². The molecule has 1 aromatic heterocycles. The first-order valence-corrected chi connectivity index (χ1v) is 7.75. The highest BCUT2D eigenvalue weighted by Crippen LogP contribution is 2.37. The Morgan fingerprint density at radius 2 is 2.00 bits per heavy atom. The number of rotatable bonds is 3. The molecule has 118 valence electrons. The highest BCUT2D eigenvalue weighted by molar-refractivity contribution is 5.89. The Kier molecular flexibility index (Phi) is 3.18. The van der Waals surface area contributed by atoms with Crippen molar-refractivity contribution in [2.24, 2.45) is 0 Å². The van der Waals surface area contributed by atoms with Gasteiger partial charge in [0.25, 0.3) is 0 Å². The number of carbonyl (C=O) groups excluding carboxylic acids is 2. The molecule has 23 heavy (non-hydrogen) atoms. The molecule has 2 heterocycles. The van der Waals surface area contributed by atoms with Gasteiger partial charge >= 0.3 is 0 Å². The van der Waals surface area contributed by atoms with Crippen LogP contribution in [-0.4, -0.2) is 51.9 Å². The minimum absolute atomic E-state index is 0.0438. The van der Waals surface area contributed by atoms with Gasteiger partial charge in [-0.15, -0.1) is 0 Å². The van der Waals surface area contributed by atoms with E-state index in [0.717, 1.165) is 11.8 Å². The number of benzene rings is 1. The van der Waals surface area contributed by atoms with E-state index in [0.29, 0.717) is 24.4 Å². The average Bonchev–Trinajstić information content (AvgIpc) is 3.28. The quantitative estimate of drug-likeness (QED) is 0.803. The largest absolute Gasteiger partial charge is 0.356 e. The number of amides is 2. The van der Waals surface area contributed by atoms with Gasteiger partial charge in [0.1, 0.15) is 5.69 Å². The fourth-order valence-electron chi connectivity index (χ4n) is 3.40. The summed E-state index contributed by atoms with van der Waals surface area (Å²) in [5, 5.41) is 4.91. The average molecular weight is 311 g/mol. The molecule has 2 aliphatic rings. The van der Waals surface area contributed by atoms with Gasteiger partial charge < -0.3 is 14.3 Å². The Balaban J connectivity index is 1.47. The lowest BCUT2D eigenvalue weighted by atomic mass is 10.1. The van der Waals surface area contributed by atoms with E-state index in [4.69, 9.17) is 4.52 Å². The number of hydrogen-bond acceptors (Lipinski definition) is 4. The van der Waals surface area contributed by atoms with Crippen LogP contribution in [0.3, 0.4) is 0 Å². The first-order chi connectivity index (χ1) is 11.2. The van der Waals surface area contributed by atoms with Crippen LogP contribution in [-0.2, 0) is 16.0 Å². The lowest BCUT2D eigenvalue weighted by molar-refractivity contribution is -0.137. The zero-order chi connectivity index (χ0) is 16.0. The summed E-state index contributed by atoms with van der Waals surface area (Å²) in [6.07, 6.45) is 2.43. The Labute approximate surface area is 133 Å². The third-order valence-corrected chi connectivity index (χ3v) is 4.66. The van der Waals surface area contributed by atoms with Crippen molar-refractivity contribution in [3.63, 3.8) is 0 Å². The van der Waals surface area contributed by atoms with Gasteiger partial charge in [0, 0.05) is 18.5 Å². The van der Waals surface area contributed by atoms with Gasteiger partial charge in [-0.3, -0.25) is 9.59 Å². The fraction of sp³-hybridized carbons (Fsp3) is 0.353. The van der Waals surface area contributed by atoms with Crippen LogP contribution < -0.4 is 0 Å². The van der Waals surface area contributed by atoms with Crippen LogP contribution in [0, 0.1) is 0 Å². The van der Waals surface area contributed by atoms with Crippen molar-refractivity contribution in [3.05, 3.63) is 42.6 Å². The van der Waals surface area contributed by atoms with Crippen molar-refractivity contribution >= 4 is 22.8 Å². The molecule has 6 nitrogen and oxygen atoms in total. The summed E-state index contributed by atoms with van der Waals surface area (Å²) in [6.45, 7) is 4.66. The zero-order valence-corrected chi connectivity index (χ0v) is 12.6. The molecule has 2 amide bonds. The molecule has 1 aliphatic heterocycles. The molecule has 1 saturated heterocycles. The van der Waals surface area contributed by atoms with Crippen LogP contribution in [0.15, 0.2) is 41.4 Å². The highest BCUT2D eigenvalue weighted by atomic mass is 16.5. The van der Waals surface area contributed by atoms with Crippen molar-refractivity contribution in [2.75, 3.05) is 13.1 Å². The van der Waals surface area contributed by atoms with E-state index in [9.17, 15) is 9.59 Å². The standard InChI is InChI=1S/C17H17N3O3/c1-2-16(21)19-7-8-20(14-10-13(14)19)17(22)9-12-11-5-3-4-6-15(11)23-18-12/h2-6,13-14H,1,7-10H2. The maximum absolute atomic E-state index is 12.6. The van der Waals surface area contributed by atoms with E-state index in [1.807, 2.05) is 34.1 Å². The number of nitrogens with zero attached hydrogens (tertiary/aromatic N) is 3. The molecular formula is C17H17N3O3. The molecule has 0 N–H and O–H groups in total. The van der Waals surface area contributed by atoms with Gasteiger partial charge in [-0.25, -0.2) is 0 Å². The minimum atomic E-state index is -0.0490. The Morgan fingerprint density at radius 3 is 2.83 bits per heavy atom. The Bertz CT molecular complexity index is 797. The fourth-order valence-corrected chi connectivity index (χ4v) is 3.40. The third-order valence-electron chi connectivity index (χ3n) is 4.66. The van der Waals surface area contributed by atoms with Gasteiger partial charge in [-0.1, -0.05) is 23.9 Å². The second kappa shape index (κ2) is 5.22. The smallest absolute Gasteiger partial charge is 0.246 e. The van der Waals surface area contributed by atoms with Crippen molar-refractivity contribution in [1.29, 1.82) is 0 Å². The second-order valence-corrected chi connectivity index (χ2v) is 6.00. The van der Waals surface area contributed by atoms with E-state index in [2.05, 4.69) is 11.7 Å². The number of aromatic nitrogens is 1. The van der Waals surface area contributed by atoms with Gasteiger partial charge in [0.05, 0.1) is 18.5 Å². The monoisotopic (exact) mass is 311 g/mol. The molecule has 1 aliphatic carbocycles. The topological polar surface area (TPSA) is 66.7 Å². The van der Waals surface area contributed by atoms with Crippen molar-refractivity contribution in [3.8, 4) is 0 Å².